The number of hydrogen-bond donors (Lipinski definition) is 1. The molecule has 1 heterocycles. The Morgan fingerprint density at radius 2 is 1.62 bits per heavy atom. The monoisotopic (exact) mass is 294 g/mol. The lowest BCUT2D eigenvalue weighted by atomic mass is 10.0. The van der Waals surface area contributed by atoms with Gasteiger partial charge in [0.05, 0.1) is 12.7 Å². The second-order valence-corrected chi connectivity index (χ2v) is 6.93. The Balaban J connectivity index is 1.58. The highest BCUT2D eigenvalue weighted by atomic mass is 16.2. The molecule has 1 unspecified atom stereocenters. The quantitative estimate of drug-likeness (QED) is 0.616. The first kappa shape index (κ1) is 16.8. The average molecular weight is 294 g/mol. The molecule has 21 heavy (non-hydrogen) atoms. The molecule has 0 aromatic heterocycles. The van der Waals surface area contributed by atoms with Gasteiger partial charge in [-0.05, 0) is 25.2 Å². The number of unbranched alkanes of at least 4 members (excludes halogenated alkanes) is 7. The van der Waals surface area contributed by atoms with Crippen molar-refractivity contribution in [2.45, 2.75) is 90.1 Å². The molecule has 3 nitrogen and oxygen atoms in total. The summed E-state index contributed by atoms with van der Waals surface area (Å²) < 4.78 is 0. The van der Waals surface area contributed by atoms with Crippen LogP contribution >= 0.6 is 0 Å². The first-order valence-electron chi connectivity index (χ1n) is 9.35. The van der Waals surface area contributed by atoms with Crippen LogP contribution < -0.4 is 5.32 Å². The summed E-state index contributed by atoms with van der Waals surface area (Å²) in [6, 6.07) is 0. The van der Waals surface area contributed by atoms with E-state index in [1.165, 1.54) is 77.0 Å². The normalized spacial score (nSPS) is 23.4. The van der Waals surface area contributed by atoms with E-state index in [0.717, 1.165) is 6.54 Å². The Morgan fingerprint density at radius 3 is 2.29 bits per heavy atom. The van der Waals surface area contributed by atoms with E-state index in [4.69, 9.17) is 0 Å². The maximum Gasteiger partial charge on any atom is 0.237 e. The Kier molecular flexibility index (Phi) is 7.56. The molecule has 1 saturated heterocycles. The fraction of sp³-hybridized carbons (Fsp3) is 0.944. The Morgan fingerprint density at radius 1 is 1.00 bits per heavy atom. The molecule has 1 saturated carbocycles. The topological polar surface area (TPSA) is 32.3 Å². The standard InChI is InChI=1S/C18H34N2O/c1-2-3-4-5-6-7-8-11-14-20-17(21)15-19-18(20)16-12-9-10-13-16/h16,18-19H,2-15H2,1H3. The Bertz CT molecular complexity index is 300. The van der Waals surface area contributed by atoms with E-state index in [-0.39, 0.29) is 0 Å². The van der Waals surface area contributed by atoms with Crippen molar-refractivity contribution in [2.75, 3.05) is 13.1 Å². The zero-order valence-corrected chi connectivity index (χ0v) is 13.9. The van der Waals surface area contributed by atoms with E-state index in [1.807, 2.05) is 0 Å². The van der Waals surface area contributed by atoms with Crippen LogP contribution in [0.5, 0.6) is 0 Å². The maximum atomic E-state index is 12.0. The van der Waals surface area contributed by atoms with Crippen LogP contribution in [0.1, 0.15) is 84.0 Å². The van der Waals surface area contributed by atoms with Crippen molar-refractivity contribution < 1.29 is 4.79 Å². The molecule has 1 N–H and O–H groups in total. The molecule has 0 aromatic rings. The minimum atomic E-state index is 0.329. The van der Waals surface area contributed by atoms with Crippen molar-refractivity contribution in [3.8, 4) is 0 Å². The van der Waals surface area contributed by atoms with Crippen LogP contribution in [0.4, 0.5) is 0 Å². The number of hydrogen-bond acceptors (Lipinski definition) is 2. The molecule has 1 amide bonds. The summed E-state index contributed by atoms with van der Waals surface area (Å²) in [6.07, 6.45) is 16.3. The highest BCUT2D eigenvalue weighted by Gasteiger charge is 2.36. The molecule has 122 valence electrons. The molecule has 0 radical (unpaired) electrons. The number of nitrogens with zero attached hydrogens (tertiary/aromatic N) is 1. The average Bonchev–Trinajstić information content (AvgIpc) is 3.12. The molecule has 1 atom stereocenters. The van der Waals surface area contributed by atoms with Gasteiger partial charge in [0.25, 0.3) is 0 Å². The van der Waals surface area contributed by atoms with Crippen molar-refractivity contribution in [2.24, 2.45) is 5.92 Å². The number of nitrogens with one attached hydrogen (secondary N) is 1. The van der Waals surface area contributed by atoms with Gasteiger partial charge in [-0.25, -0.2) is 0 Å². The zero-order valence-electron chi connectivity index (χ0n) is 13.9. The summed E-state index contributed by atoms with van der Waals surface area (Å²) in [4.78, 5) is 14.2. The van der Waals surface area contributed by atoms with Crippen LogP contribution in [0, 0.1) is 5.92 Å². The van der Waals surface area contributed by atoms with Gasteiger partial charge in [0, 0.05) is 6.54 Å². The third-order valence-electron chi connectivity index (χ3n) is 5.22. The summed E-state index contributed by atoms with van der Waals surface area (Å²) in [5.74, 6) is 1.04. The van der Waals surface area contributed by atoms with Crippen LogP contribution in [0.15, 0.2) is 0 Å². The molecule has 1 aliphatic heterocycles. The lowest BCUT2D eigenvalue weighted by Crippen LogP contribution is -2.42. The Hall–Kier alpha value is -0.570. The van der Waals surface area contributed by atoms with E-state index in [0.29, 0.717) is 24.5 Å². The van der Waals surface area contributed by atoms with Crippen LogP contribution in [-0.4, -0.2) is 30.1 Å². The van der Waals surface area contributed by atoms with Gasteiger partial charge in [-0.3, -0.25) is 10.1 Å². The van der Waals surface area contributed by atoms with Gasteiger partial charge in [0.2, 0.25) is 5.91 Å². The van der Waals surface area contributed by atoms with E-state index in [1.54, 1.807) is 0 Å². The fourth-order valence-corrected chi connectivity index (χ4v) is 3.93. The molecule has 0 bridgehead atoms. The third-order valence-corrected chi connectivity index (χ3v) is 5.22. The van der Waals surface area contributed by atoms with Crippen molar-refractivity contribution >= 4 is 5.91 Å². The molecule has 0 spiro atoms. The predicted octanol–water partition coefficient (Wildman–Crippen LogP) is 4.08. The van der Waals surface area contributed by atoms with Crippen LogP contribution in [0.25, 0.3) is 0 Å². The van der Waals surface area contributed by atoms with Crippen LogP contribution in [0.2, 0.25) is 0 Å². The van der Waals surface area contributed by atoms with Crippen molar-refractivity contribution in [3.05, 3.63) is 0 Å². The lowest BCUT2D eigenvalue weighted by Gasteiger charge is -2.29. The molecular formula is C18H34N2O. The van der Waals surface area contributed by atoms with Crippen molar-refractivity contribution in [3.63, 3.8) is 0 Å². The van der Waals surface area contributed by atoms with Gasteiger partial charge in [0.1, 0.15) is 0 Å². The van der Waals surface area contributed by atoms with Gasteiger partial charge >= 0.3 is 0 Å². The van der Waals surface area contributed by atoms with Crippen LogP contribution in [0.3, 0.4) is 0 Å². The van der Waals surface area contributed by atoms with Crippen LogP contribution in [-0.2, 0) is 4.79 Å². The minimum absolute atomic E-state index is 0.329. The largest absolute Gasteiger partial charge is 0.326 e. The molecule has 0 aromatic carbocycles. The summed E-state index contributed by atoms with van der Waals surface area (Å²) in [5.41, 5.74) is 0. The van der Waals surface area contributed by atoms with Gasteiger partial charge in [-0.15, -0.1) is 0 Å². The molecule has 2 fully saturated rings. The summed E-state index contributed by atoms with van der Waals surface area (Å²) >= 11 is 0. The second-order valence-electron chi connectivity index (χ2n) is 6.93. The van der Waals surface area contributed by atoms with Crippen molar-refractivity contribution in [1.29, 1.82) is 0 Å². The molecule has 2 rings (SSSR count). The fourth-order valence-electron chi connectivity index (χ4n) is 3.93. The van der Waals surface area contributed by atoms with Gasteiger partial charge in [-0.2, -0.15) is 0 Å². The molecule has 3 heteroatoms. The summed E-state index contributed by atoms with van der Waals surface area (Å²) in [6.45, 7) is 3.81. The number of carbonyl (C=O) groups excluding carboxylic acids is 1. The smallest absolute Gasteiger partial charge is 0.237 e. The first-order chi connectivity index (χ1) is 10.3. The van der Waals surface area contributed by atoms with E-state index in [9.17, 15) is 4.79 Å². The second kappa shape index (κ2) is 9.45. The summed E-state index contributed by atoms with van der Waals surface area (Å²) in [7, 11) is 0. The Labute approximate surface area is 130 Å². The molecule has 1 aliphatic carbocycles. The van der Waals surface area contributed by atoms with Gasteiger partial charge in [-0.1, -0.05) is 64.7 Å². The number of rotatable bonds is 10. The first-order valence-corrected chi connectivity index (χ1v) is 9.35. The SMILES string of the molecule is CCCCCCCCCCN1C(=O)CNC1C1CCCC1. The van der Waals surface area contributed by atoms with E-state index in [2.05, 4.69) is 17.1 Å². The molecule has 2 aliphatic rings. The highest BCUT2D eigenvalue weighted by molar-refractivity contribution is 5.80. The zero-order chi connectivity index (χ0) is 14.9. The van der Waals surface area contributed by atoms with Gasteiger partial charge in [0.15, 0.2) is 0 Å². The maximum absolute atomic E-state index is 12.0. The third kappa shape index (κ3) is 5.28. The highest BCUT2D eigenvalue weighted by Crippen LogP contribution is 2.31. The minimum Gasteiger partial charge on any atom is -0.326 e. The number of carbonyl (C=O) groups is 1. The van der Waals surface area contributed by atoms with E-state index < -0.39 is 0 Å². The van der Waals surface area contributed by atoms with Gasteiger partial charge < -0.3 is 4.90 Å². The lowest BCUT2D eigenvalue weighted by molar-refractivity contribution is -0.128. The van der Waals surface area contributed by atoms with E-state index >= 15 is 0 Å². The number of amides is 1. The predicted molar refractivity (Wildman–Crippen MR) is 88.1 cm³/mol. The molecular weight excluding hydrogens is 260 g/mol. The summed E-state index contributed by atoms with van der Waals surface area (Å²) in [5, 5.41) is 3.45. The van der Waals surface area contributed by atoms with Crippen molar-refractivity contribution in [1.82, 2.24) is 10.2 Å².